The van der Waals surface area contributed by atoms with Crippen molar-refractivity contribution in [1.82, 2.24) is 19.7 Å². The van der Waals surface area contributed by atoms with E-state index in [1.54, 1.807) is 12.1 Å². The summed E-state index contributed by atoms with van der Waals surface area (Å²) in [6.45, 7) is 2.55. The van der Waals surface area contributed by atoms with Gasteiger partial charge in [-0.2, -0.15) is 21.6 Å². The Bertz CT molecular complexity index is 1930. The van der Waals surface area contributed by atoms with Crippen molar-refractivity contribution >= 4 is 38.3 Å². The SMILES string of the molecule is CC(C)(COc1ccn(-c2sc3nc2-c2ccccc2CCCCCCN(CC2CC2C(=O)O)c2cccc(n2)S(=O)(=O)N3)n1)C(F)(F)F. The van der Waals surface area contributed by atoms with E-state index in [9.17, 15) is 31.5 Å². The Hall–Kier alpha value is -4.18. The van der Waals surface area contributed by atoms with Crippen LogP contribution < -0.4 is 14.4 Å². The molecule has 16 heteroatoms. The molecular formula is C33H37F3N6O5S2. The number of aromatic nitrogens is 4. The summed E-state index contributed by atoms with van der Waals surface area (Å²) in [7, 11) is -4.23. The van der Waals surface area contributed by atoms with Crippen molar-refractivity contribution in [1.29, 1.82) is 0 Å². The second-order valence-electron chi connectivity index (χ2n) is 13.1. The monoisotopic (exact) mass is 718 g/mol. The third-order valence-corrected chi connectivity index (χ3v) is 11.2. The number of nitrogens with zero attached hydrogens (tertiary/aromatic N) is 5. The first-order valence-corrected chi connectivity index (χ1v) is 18.3. The molecular weight excluding hydrogens is 682 g/mol. The molecule has 0 radical (unpaired) electrons. The summed E-state index contributed by atoms with van der Waals surface area (Å²) in [5.74, 6) is -0.826. The molecule has 1 aliphatic heterocycles. The minimum atomic E-state index is -4.47. The lowest BCUT2D eigenvalue weighted by molar-refractivity contribution is -0.219. The molecule has 4 bridgehead atoms. The maximum Gasteiger partial charge on any atom is 0.397 e. The van der Waals surface area contributed by atoms with Crippen molar-refractivity contribution in [3.8, 4) is 22.1 Å². The molecule has 4 heterocycles. The van der Waals surface area contributed by atoms with Gasteiger partial charge in [0.25, 0.3) is 10.0 Å². The number of hydrogen-bond acceptors (Lipinski definition) is 9. The number of carboxylic acids is 1. The number of benzene rings is 1. The molecule has 49 heavy (non-hydrogen) atoms. The molecule has 0 spiro atoms. The zero-order valence-corrected chi connectivity index (χ0v) is 28.6. The predicted molar refractivity (Wildman–Crippen MR) is 179 cm³/mol. The van der Waals surface area contributed by atoms with Gasteiger partial charge in [-0.15, -0.1) is 5.10 Å². The molecule has 2 atom stereocenters. The zero-order chi connectivity index (χ0) is 35.0. The minimum Gasteiger partial charge on any atom is -0.481 e. The van der Waals surface area contributed by atoms with Gasteiger partial charge in [0.2, 0.25) is 5.88 Å². The number of rotatable bonds is 7. The van der Waals surface area contributed by atoms with Crippen LogP contribution in [0.3, 0.4) is 0 Å². The van der Waals surface area contributed by atoms with Gasteiger partial charge < -0.3 is 14.7 Å². The number of thiazole rings is 1. The van der Waals surface area contributed by atoms with Gasteiger partial charge in [0.15, 0.2) is 10.2 Å². The van der Waals surface area contributed by atoms with Crippen LogP contribution in [0.5, 0.6) is 5.88 Å². The summed E-state index contributed by atoms with van der Waals surface area (Å²) in [6, 6.07) is 13.9. The average Bonchev–Trinajstić information content (AvgIpc) is 3.46. The Morgan fingerprint density at radius 3 is 2.59 bits per heavy atom. The maximum atomic E-state index is 13.7. The number of aliphatic carboxylic acids is 1. The van der Waals surface area contributed by atoms with Crippen molar-refractivity contribution in [3.63, 3.8) is 0 Å². The lowest BCUT2D eigenvalue weighted by atomic mass is 9.94. The Kier molecular flexibility index (Phi) is 9.63. The van der Waals surface area contributed by atoms with Crippen molar-refractivity contribution in [2.45, 2.75) is 63.6 Å². The van der Waals surface area contributed by atoms with Crippen LogP contribution >= 0.6 is 11.3 Å². The molecule has 0 saturated heterocycles. The third-order valence-electron chi connectivity index (χ3n) is 8.85. The van der Waals surface area contributed by atoms with Crippen molar-refractivity contribution in [2.24, 2.45) is 17.3 Å². The molecule has 4 aromatic rings. The Morgan fingerprint density at radius 1 is 1.06 bits per heavy atom. The number of anilines is 2. The fraction of sp³-hybridized carbons (Fsp3) is 0.455. The first-order valence-electron chi connectivity index (χ1n) is 16.0. The van der Waals surface area contributed by atoms with Crippen LogP contribution in [0.15, 0.2) is 59.8 Å². The van der Waals surface area contributed by atoms with Gasteiger partial charge in [0, 0.05) is 30.9 Å². The highest BCUT2D eigenvalue weighted by atomic mass is 32.2. The smallest absolute Gasteiger partial charge is 0.397 e. The van der Waals surface area contributed by atoms with Crippen LogP contribution in [0.25, 0.3) is 16.3 Å². The predicted octanol–water partition coefficient (Wildman–Crippen LogP) is 6.80. The topological polar surface area (TPSA) is 140 Å². The minimum absolute atomic E-state index is 0.0204. The number of carbonyl (C=O) groups is 1. The van der Waals surface area contributed by atoms with E-state index < -0.39 is 40.1 Å². The van der Waals surface area contributed by atoms with Crippen LogP contribution in [0, 0.1) is 17.3 Å². The van der Waals surface area contributed by atoms with Crippen LogP contribution in [0.4, 0.5) is 24.1 Å². The largest absolute Gasteiger partial charge is 0.481 e. The molecule has 0 amide bonds. The lowest BCUT2D eigenvalue weighted by Crippen LogP contribution is -2.37. The Morgan fingerprint density at radius 2 is 1.84 bits per heavy atom. The molecule has 1 fully saturated rings. The molecule has 1 saturated carbocycles. The van der Waals surface area contributed by atoms with E-state index >= 15 is 0 Å². The lowest BCUT2D eigenvalue weighted by Gasteiger charge is -2.26. The van der Waals surface area contributed by atoms with Gasteiger partial charge >= 0.3 is 12.1 Å². The normalized spacial score (nSPS) is 19.7. The molecule has 2 unspecified atom stereocenters. The number of nitrogens with one attached hydrogen (secondary N) is 1. The molecule has 262 valence electrons. The maximum absolute atomic E-state index is 13.7. The number of carboxylic acid groups (broad SMARTS) is 1. The van der Waals surface area contributed by atoms with E-state index in [-0.39, 0.29) is 22.0 Å². The zero-order valence-electron chi connectivity index (χ0n) is 27.0. The van der Waals surface area contributed by atoms with Gasteiger partial charge in [-0.25, -0.2) is 14.6 Å². The molecule has 1 aromatic carbocycles. The summed E-state index contributed by atoms with van der Waals surface area (Å²) >= 11 is 1.02. The number of fused-ring (bicyclic) bond motifs is 6. The van der Waals surface area contributed by atoms with E-state index in [4.69, 9.17) is 9.72 Å². The molecule has 11 nitrogen and oxygen atoms in total. The fourth-order valence-electron chi connectivity index (χ4n) is 5.69. The van der Waals surface area contributed by atoms with Crippen LogP contribution in [0.2, 0.25) is 0 Å². The number of sulfonamides is 1. The summed E-state index contributed by atoms with van der Waals surface area (Å²) < 4.78 is 77.1. The van der Waals surface area contributed by atoms with Crippen LogP contribution in [0.1, 0.15) is 51.5 Å². The van der Waals surface area contributed by atoms with E-state index in [0.717, 1.165) is 68.4 Å². The number of ether oxygens (including phenoxy) is 1. The fourth-order valence-corrected chi connectivity index (χ4v) is 7.81. The van der Waals surface area contributed by atoms with Gasteiger partial charge in [-0.3, -0.25) is 9.52 Å². The first kappa shape index (κ1) is 34.7. The number of hydrogen-bond donors (Lipinski definition) is 2. The summed E-state index contributed by atoms with van der Waals surface area (Å²) in [6.07, 6.45) is 1.96. The van der Waals surface area contributed by atoms with Gasteiger partial charge in [0.05, 0.1) is 11.3 Å². The molecule has 1 aliphatic carbocycles. The van der Waals surface area contributed by atoms with E-state index in [0.29, 0.717) is 36.0 Å². The second-order valence-corrected chi connectivity index (χ2v) is 15.7. The van der Waals surface area contributed by atoms with Crippen molar-refractivity contribution < 1.29 is 36.2 Å². The standard InChI is InChI=1S/C33H37F3N6O5S2/c1-32(2,33(34,35)36)20-47-26-15-17-42(39-26)29-28-23-12-7-6-11-21(23)10-5-3-4-8-16-41(19-22-18-24(22)30(43)44)25-13-9-14-27(37-25)49(45,46)40-31(38-28)48-29/h6-7,9,11-15,17,22,24H,3-5,8,10,16,18-20H2,1-2H3,(H,38,40)(H,43,44). The number of alkyl halides is 3. The van der Waals surface area contributed by atoms with Crippen LogP contribution in [-0.4, -0.2) is 65.1 Å². The average molecular weight is 719 g/mol. The van der Waals surface area contributed by atoms with Gasteiger partial charge in [-0.05, 0) is 63.1 Å². The highest BCUT2D eigenvalue weighted by Gasteiger charge is 2.48. The van der Waals surface area contributed by atoms with E-state index in [2.05, 4.69) is 14.8 Å². The van der Waals surface area contributed by atoms with Crippen LogP contribution in [-0.2, 0) is 21.2 Å². The number of halogens is 3. The highest BCUT2D eigenvalue weighted by Crippen LogP contribution is 2.41. The Balaban J connectivity index is 1.35. The quantitative estimate of drug-likeness (QED) is 0.211. The summed E-state index contributed by atoms with van der Waals surface area (Å²) in [4.78, 5) is 22.7. The van der Waals surface area contributed by atoms with Gasteiger partial charge in [0.1, 0.15) is 23.1 Å². The van der Waals surface area contributed by atoms with E-state index in [1.165, 1.54) is 23.0 Å². The second kappa shape index (κ2) is 13.6. The van der Waals surface area contributed by atoms with E-state index in [1.807, 2.05) is 29.2 Å². The van der Waals surface area contributed by atoms with Crippen molar-refractivity contribution in [3.05, 3.63) is 60.3 Å². The summed E-state index contributed by atoms with van der Waals surface area (Å²) in [5, 5.41) is 14.1. The highest BCUT2D eigenvalue weighted by molar-refractivity contribution is 7.92. The summed E-state index contributed by atoms with van der Waals surface area (Å²) in [5.41, 5.74) is 0.145. The van der Waals surface area contributed by atoms with Crippen molar-refractivity contribution in [2.75, 3.05) is 29.3 Å². The first-order chi connectivity index (χ1) is 23.2. The molecule has 2 N–H and O–H groups in total. The molecule has 2 aliphatic rings. The Labute approximate surface area is 286 Å². The van der Waals surface area contributed by atoms with Gasteiger partial charge in [-0.1, -0.05) is 54.5 Å². The number of pyridine rings is 1. The molecule has 6 rings (SSSR count). The number of aryl methyl sites for hydroxylation is 1. The molecule has 3 aromatic heterocycles. The third kappa shape index (κ3) is 7.85.